The summed E-state index contributed by atoms with van der Waals surface area (Å²) in [5.74, 6) is -0.422. The Morgan fingerprint density at radius 3 is 2.64 bits per heavy atom. The van der Waals surface area contributed by atoms with Crippen LogP contribution in [-0.4, -0.2) is 36.9 Å². The first-order valence-electron chi connectivity index (χ1n) is 10.1. The Balaban J connectivity index is 2.18. The van der Waals surface area contributed by atoms with E-state index in [4.69, 9.17) is 14.2 Å². The number of carbonyl (C=O) groups excluding carboxylic acids is 2. The highest BCUT2D eigenvalue weighted by Gasteiger charge is 2.53. The summed E-state index contributed by atoms with van der Waals surface area (Å²) in [5.41, 5.74) is 0.884. The number of allylic oxidation sites excluding steroid dienone is 3. The van der Waals surface area contributed by atoms with E-state index in [0.717, 1.165) is 12.7 Å². The summed E-state index contributed by atoms with van der Waals surface area (Å²) in [5, 5.41) is 0. The van der Waals surface area contributed by atoms with E-state index in [2.05, 4.69) is 32.9 Å². The van der Waals surface area contributed by atoms with Gasteiger partial charge in [-0.25, -0.2) is 0 Å². The van der Waals surface area contributed by atoms with Crippen LogP contribution in [0.15, 0.2) is 35.5 Å². The van der Waals surface area contributed by atoms with E-state index in [1.54, 1.807) is 6.08 Å². The lowest BCUT2D eigenvalue weighted by molar-refractivity contribution is -0.225. The molecule has 0 N–H and O–H groups in total. The lowest BCUT2D eigenvalue weighted by Crippen LogP contribution is -2.47. The minimum Gasteiger partial charge on any atom is -0.459 e. The van der Waals surface area contributed by atoms with Crippen molar-refractivity contribution in [1.29, 1.82) is 0 Å². The van der Waals surface area contributed by atoms with Gasteiger partial charge in [0.2, 0.25) is 5.79 Å². The Morgan fingerprint density at radius 2 is 2.07 bits per heavy atom. The molecule has 28 heavy (non-hydrogen) atoms. The molecular formula is C23H32O5. The quantitative estimate of drug-likeness (QED) is 0.414. The van der Waals surface area contributed by atoms with Gasteiger partial charge in [0.05, 0.1) is 5.57 Å². The van der Waals surface area contributed by atoms with Gasteiger partial charge in [0.25, 0.3) is 0 Å². The molecule has 3 aliphatic rings. The van der Waals surface area contributed by atoms with E-state index in [9.17, 15) is 9.59 Å². The number of carbonyl (C=O) groups is 2. The fourth-order valence-electron chi connectivity index (χ4n) is 5.03. The highest BCUT2D eigenvalue weighted by Crippen LogP contribution is 2.49. The van der Waals surface area contributed by atoms with Crippen molar-refractivity contribution >= 4 is 12.3 Å². The number of rotatable bonds is 4. The van der Waals surface area contributed by atoms with Gasteiger partial charge in [-0.3, -0.25) is 9.59 Å². The third-order valence-electron chi connectivity index (χ3n) is 6.74. The summed E-state index contributed by atoms with van der Waals surface area (Å²) in [6.07, 6.45) is 9.97. The number of esters is 1. The van der Waals surface area contributed by atoms with Gasteiger partial charge < -0.3 is 14.2 Å². The monoisotopic (exact) mass is 388 g/mol. The third kappa shape index (κ3) is 3.50. The van der Waals surface area contributed by atoms with Crippen molar-refractivity contribution < 1.29 is 23.8 Å². The molecule has 3 rings (SSSR count). The van der Waals surface area contributed by atoms with Crippen molar-refractivity contribution in [2.75, 3.05) is 7.11 Å². The van der Waals surface area contributed by atoms with Gasteiger partial charge in [-0.05, 0) is 62.5 Å². The molecule has 0 aromatic carbocycles. The van der Waals surface area contributed by atoms with Crippen molar-refractivity contribution in [2.45, 2.75) is 65.0 Å². The molecule has 2 heterocycles. The second-order valence-electron chi connectivity index (χ2n) is 8.84. The van der Waals surface area contributed by atoms with Gasteiger partial charge >= 0.3 is 5.97 Å². The zero-order valence-corrected chi connectivity index (χ0v) is 17.7. The van der Waals surface area contributed by atoms with Crippen LogP contribution >= 0.6 is 0 Å². The molecule has 0 spiro atoms. The van der Waals surface area contributed by atoms with Crippen LogP contribution in [0.2, 0.25) is 0 Å². The molecule has 0 saturated heterocycles. The first-order valence-corrected chi connectivity index (χ1v) is 10.1. The Kier molecular flexibility index (Phi) is 5.70. The van der Waals surface area contributed by atoms with Crippen LogP contribution in [-0.2, 0) is 23.8 Å². The van der Waals surface area contributed by atoms with Crippen LogP contribution in [0.1, 0.15) is 47.5 Å². The highest BCUT2D eigenvalue weighted by molar-refractivity contribution is 5.77. The van der Waals surface area contributed by atoms with Crippen LogP contribution < -0.4 is 0 Å². The fraction of sp³-hybridized carbons (Fsp3) is 0.652. The summed E-state index contributed by atoms with van der Waals surface area (Å²) in [6.45, 7) is 9.88. The molecule has 1 aliphatic carbocycles. The predicted octanol–water partition coefficient (Wildman–Crippen LogP) is 3.99. The number of methoxy groups -OCH3 is 1. The lowest BCUT2D eigenvalue weighted by atomic mass is 9.65. The van der Waals surface area contributed by atoms with Gasteiger partial charge in [-0.1, -0.05) is 31.6 Å². The van der Waals surface area contributed by atoms with Gasteiger partial charge in [0, 0.05) is 14.0 Å². The molecule has 0 unspecified atom stereocenters. The zero-order chi connectivity index (χ0) is 20.7. The Labute approximate surface area is 167 Å². The molecule has 0 saturated carbocycles. The van der Waals surface area contributed by atoms with Crippen molar-refractivity contribution in [3.8, 4) is 0 Å². The Hall–Kier alpha value is -1.72. The predicted molar refractivity (Wildman–Crippen MR) is 106 cm³/mol. The molecule has 0 aromatic heterocycles. The maximum Gasteiger partial charge on any atom is 0.303 e. The molecule has 0 radical (unpaired) electrons. The van der Waals surface area contributed by atoms with Crippen molar-refractivity contribution in [3.05, 3.63) is 35.5 Å². The number of hydrogen-bond acceptors (Lipinski definition) is 5. The summed E-state index contributed by atoms with van der Waals surface area (Å²) in [6, 6.07) is 0. The Bertz CT molecular complexity index is 733. The number of fused-ring (bicyclic) bond motifs is 3. The van der Waals surface area contributed by atoms with E-state index in [1.807, 2.05) is 13.0 Å². The lowest BCUT2D eigenvalue weighted by Gasteiger charge is -2.41. The first kappa shape index (κ1) is 21.0. The van der Waals surface area contributed by atoms with Crippen molar-refractivity contribution in [1.82, 2.24) is 0 Å². The fourth-order valence-corrected chi connectivity index (χ4v) is 5.03. The van der Waals surface area contributed by atoms with E-state index < -0.39 is 17.5 Å². The molecule has 5 nitrogen and oxygen atoms in total. The molecule has 2 bridgehead atoms. The minimum atomic E-state index is -1.25. The number of aldehydes is 1. The van der Waals surface area contributed by atoms with E-state index in [0.29, 0.717) is 23.8 Å². The zero-order valence-electron chi connectivity index (χ0n) is 17.7. The number of ether oxygens (including phenoxy) is 3. The average Bonchev–Trinajstić information content (AvgIpc) is 3.00. The molecule has 0 aromatic rings. The maximum atomic E-state index is 12.1. The largest absolute Gasteiger partial charge is 0.459 e. The van der Waals surface area contributed by atoms with Crippen LogP contribution in [0.3, 0.4) is 0 Å². The van der Waals surface area contributed by atoms with Gasteiger partial charge in [-0.2, -0.15) is 0 Å². The second-order valence-corrected chi connectivity index (χ2v) is 8.84. The molecule has 5 heteroatoms. The summed E-state index contributed by atoms with van der Waals surface area (Å²) >= 11 is 0. The Morgan fingerprint density at radius 1 is 1.36 bits per heavy atom. The molecule has 0 fully saturated rings. The van der Waals surface area contributed by atoms with Gasteiger partial charge in [-0.15, -0.1) is 0 Å². The van der Waals surface area contributed by atoms with E-state index >= 15 is 0 Å². The molecule has 0 amide bonds. The van der Waals surface area contributed by atoms with Crippen LogP contribution in [0.4, 0.5) is 0 Å². The maximum absolute atomic E-state index is 12.1. The minimum absolute atomic E-state index is 0.148. The van der Waals surface area contributed by atoms with Gasteiger partial charge in [0.15, 0.2) is 6.29 Å². The van der Waals surface area contributed by atoms with E-state index in [1.165, 1.54) is 19.6 Å². The average molecular weight is 389 g/mol. The highest BCUT2D eigenvalue weighted by atomic mass is 16.7. The summed E-state index contributed by atoms with van der Waals surface area (Å²) in [4.78, 5) is 24.0. The summed E-state index contributed by atoms with van der Waals surface area (Å²) in [7, 11) is 1.54. The number of hydrogen-bond donors (Lipinski definition) is 0. The smallest absolute Gasteiger partial charge is 0.303 e. The molecular weight excluding hydrogens is 356 g/mol. The topological polar surface area (TPSA) is 61.8 Å². The first-order chi connectivity index (χ1) is 13.2. The van der Waals surface area contributed by atoms with Crippen LogP contribution in [0, 0.1) is 23.7 Å². The normalized spacial score (nSPS) is 41.8. The third-order valence-corrected chi connectivity index (χ3v) is 6.74. The molecule has 2 aliphatic heterocycles. The standard InChI is InChI=1S/C23H32O5/c1-14(2)18-8-7-15(3)19-12-21(27-16(4)25)22(5)9-10-23(26-6,28-22)17(13-24)11-20(18)19/h7,9-11,13-14,18-21H,8,12H2,1-6H3/b17-11-/t18-,19+,20-,21+,22+,23-/m1/s1. The second kappa shape index (κ2) is 7.60. The van der Waals surface area contributed by atoms with Crippen molar-refractivity contribution in [2.24, 2.45) is 23.7 Å². The van der Waals surface area contributed by atoms with E-state index in [-0.39, 0.29) is 17.8 Å². The van der Waals surface area contributed by atoms with Crippen LogP contribution in [0.25, 0.3) is 0 Å². The summed E-state index contributed by atoms with van der Waals surface area (Å²) < 4.78 is 17.8. The van der Waals surface area contributed by atoms with Crippen molar-refractivity contribution in [3.63, 3.8) is 0 Å². The van der Waals surface area contributed by atoms with Crippen LogP contribution in [0.5, 0.6) is 0 Å². The SMILES string of the molecule is CO[C@]12C=C[C@](C)(O1)[C@@H](OC(C)=O)C[C@H]1C(C)=CC[C@H](C(C)C)[C@H]1/C=C\2C=O. The molecule has 154 valence electrons. The molecule has 6 atom stereocenters. The van der Waals surface area contributed by atoms with Gasteiger partial charge in [0.1, 0.15) is 11.7 Å².